The molecule has 2 aliphatic carbocycles. The van der Waals surface area contributed by atoms with E-state index in [4.69, 9.17) is 4.74 Å². The molecule has 2 nitrogen and oxygen atoms in total. The highest BCUT2D eigenvalue weighted by Crippen LogP contribution is 2.62. The minimum atomic E-state index is 0.0524. The molecule has 2 bridgehead atoms. The second-order valence-corrected chi connectivity index (χ2v) is 10.6. The van der Waals surface area contributed by atoms with E-state index in [9.17, 15) is 4.79 Å². The van der Waals surface area contributed by atoms with Crippen LogP contribution in [0.1, 0.15) is 93.9 Å². The third-order valence-corrected chi connectivity index (χ3v) is 7.55. The smallest absolute Gasteiger partial charge is 0.314 e. The average molecular weight is 377 g/mol. The summed E-state index contributed by atoms with van der Waals surface area (Å²) in [7, 11) is 0. The minimum Gasteiger partial charge on any atom is -0.431 e. The molecule has 0 radical (unpaired) electrons. The van der Waals surface area contributed by atoms with Gasteiger partial charge in [-0.3, -0.25) is 4.79 Å². The Labute approximate surface area is 168 Å². The molecule has 0 saturated heterocycles. The van der Waals surface area contributed by atoms with Crippen molar-refractivity contribution < 1.29 is 9.53 Å². The highest BCUT2D eigenvalue weighted by atomic mass is 16.5. The van der Waals surface area contributed by atoms with Crippen molar-refractivity contribution >= 4 is 5.97 Å². The Morgan fingerprint density at radius 2 is 1.74 bits per heavy atom. The van der Waals surface area contributed by atoms with Crippen molar-refractivity contribution in [3.63, 3.8) is 0 Å². The van der Waals surface area contributed by atoms with Gasteiger partial charge in [-0.05, 0) is 66.3 Å². The molecule has 5 atom stereocenters. The lowest BCUT2D eigenvalue weighted by Crippen LogP contribution is -2.41. The van der Waals surface area contributed by atoms with Crippen LogP contribution in [-0.2, 0) is 9.53 Å². The molecular formula is C25H44O2. The Morgan fingerprint density at radius 3 is 2.22 bits per heavy atom. The Morgan fingerprint density at radius 1 is 1.11 bits per heavy atom. The summed E-state index contributed by atoms with van der Waals surface area (Å²) >= 11 is 0. The van der Waals surface area contributed by atoms with Crippen molar-refractivity contribution in [3.05, 3.63) is 11.8 Å². The lowest BCUT2D eigenvalue weighted by atomic mass is 9.60. The Bertz CT molecular complexity index is 521. The Hall–Kier alpha value is -0.790. The van der Waals surface area contributed by atoms with Crippen LogP contribution in [0.25, 0.3) is 0 Å². The maximum atomic E-state index is 13.1. The fourth-order valence-electron chi connectivity index (χ4n) is 6.23. The first-order valence-electron chi connectivity index (χ1n) is 11.5. The van der Waals surface area contributed by atoms with E-state index in [1.807, 2.05) is 0 Å². The van der Waals surface area contributed by atoms with Crippen molar-refractivity contribution in [1.82, 2.24) is 0 Å². The molecule has 0 amide bonds. The van der Waals surface area contributed by atoms with E-state index in [2.05, 4.69) is 61.5 Å². The van der Waals surface area contributed by atoms with Gasteiger partial charge in [0.1, 0.15) is 5.76 Å². The van der Waals surface area contributed by atoms with Crippen molar-refractivity contribution in [1.29, 1.82) is 0 Å². The second kappa shape index (κ2) is 9.14. The van der Waals surface area contributed by atoms with E-state index in [0.29, 0.717) is 29.6 Å². The van der Waals surface area contributed by atoms with Crippen LogP contribution in [0.4, 0.5) is 0 Å². The monoisotopic (exact) mass is 376 g/mol. The predicted octanol–water partition coefficient (Wildman–Crippen LogP) is 7.24. The lowest BCUT2D eigenvalue weighted by molar-refractivity contribution is -0.149. The van der Waals surface area contributed by atoms with Crippen LogP contribution in [0.3, 0.4) is 0 Å². The van der Waals surface area contributed by atoms with E-state index in [1.165, 1.54) is 19.3 Å². The summed E-state index contributed by atoms with van der Waals surface area (Å²) in [6.07, 6.45) is 8.67. The van der Waals surface area contributed by atoms with Crippen molar-refractivity contribution in [2.45, 2.75) is 93.9 Å². The van der Waals surface area contributed by atoms with E-state index < -0.39 is 0 Å². The molecule has 0 aromatic rings. The number of esters is 1. The van der Waals surface area contributed by atoms with E-state index in [1.54, 1.807) is 0 Å². The molecule has 156 valence electrons. The molecule has 2 fully saturated rings. The molecule has 2 aliphatic rings. The third-order valence-electron chi connectivity index (χ3n) is 7.55. The van der Waals surface area contributed by atoms with Gasteiger partial charge < -0.3 is 4.74 Å². The maximum absolute atomic E-state index is 13.1. The largest absolute Gasteiger partial charge is 0.431 e. The zero-order valence-corrected chi connectivity index (χ0v) is 19.2. The van der Waals surface area contributed by atoms with Crippen LogP contribution in [0, 0.1) is 46.8 Å². The van der Waals surface area contributed by atoms with E-state index in [0.717, 1.165) is 30.9 Å². The molecule has 0 spiro atoms. The van der Waals surface area contributed by atoms with Gasteiger partial charge in [-0.1, -0.05) is 68.2 Å². The fourth-order valence-corrected chi connectivity index (χ4v) is 6.23. The van der Waals surface area contributed by atoms with Gasteiger partial charge in [0.15, 0.2) is 0 Å². The summed E-state index contributed by atoms with van der Waals surface area (Å²) in [5, 5.41) is 0. The number of rotatable bonds is 8. The van der Waals surface area contributed by atoms with E-state index in [-0.39, 0.29) is 17.3 Å². The summed E-state index contributed by atoms with van der Waals surface area (Å²) < 4.78 is 5.95. The average Bonchev–Trinajstić information content (AvgIpc) is 3.19. The fraction of sp³-hybridized carbons (Fsp3) is 0.880. The molecular weight excluding hydrogens is 332 g/mol. The summed E-state index contributed by atoms with van der Waals surface area (Å²) in [5.41, 5.74) is 0.256. The molecule has 0 aliphatic heterocycles. The molecule has 2 rings (SSSR count). The molecule has 27 heavy (non-hydrogen) atoms. The highest BCUT2D eigenvalue weighted by Gasteiger charge is 2.58. The highest BCUT2D eigenvalue weighted by molar-refractivity contribution is 5.74. The first-order chi connectivity index (χ1) is 12.6. The number of allylic oxidation sites excluding steroid dienone is 2. The van der Waals surface area contributed by atoms with Crippen LogP contribution in [0.15, 0.2) is 11.8 Å². The molecule has 5 unspecified atom stereocenters. The van der Waals surface area contributed by atoms with Gasteiger partial charge in [0.25, 0.3) is 0 Å². The van der Waals surface area contributed by atoms with Crippen LogP contribution in [-0.4, -0.2) is 5.97 Å². The van der Waals surface area contributed by atoms with Crippen molar-refractivity contribution in [2.75, 3.05) is 0 Å². The number of ether oxygens (including phenoxy) is 1. The van der Waals surface area contributed by atoms with Crippen LogP contribution in [0.5, 0.6) is 0 Å². The first kappa shape index (κ1) is 22.5. The lowest BCUT2D eigenvalue weighted by Gasteiger charge is -2.44. The number of carbonyl (C=O) groups excluding carboxylic acids is 1. The maximum Gasteiger partial charge on any atom is 0.314 e. The molecule has 0 heterocycles. The predicted molar refractivity (Wildman–Crippen MR) is 114 cm³/mol. The molecule has 2 heteroatoms. The SMILES string of the molecule is CC/C(=C/CC(CC)CC)OC(=O)C1CC2CC1C(C(C)(C)C)C2C(C)C. The van der Waals surface area contributed by atoms with Crippen LogP contribution < -0.4 is 0 Å². The number of hydrogen-bond donors (Lipinski definition) is 0. The summed E-state index contributed by atoms with van der Waals surface area (Å²) in [4.78, 5) is 13.1. The molecule has 2 saturated carbocycles. The van der Waals surface area contributed by atoms with Gasteiger partial charge in [-0.2, -0.15) is 0 Å². The molecule has 0 N–H and O–H groups in total. The van der Waals surface area contributed by atoms with Gasteiger partial charge >= 0.3 is 5.97 Å². The summed E-state index contributed by atoms with van der Waals surface area (Å²) in [6, 6.07) is 0. The van der Waals surface area contributed by atoms with Crippen LogP contribution >= 0.6 is 0 Å². The first-order valence-corrected chi connectivity index (χ1v) is 11.5. The van der Waals surface area contributed by atoms with Gasteiger partial charge in [-0.25, -0.2) is 0 Å². The van der Waals surface area contributed by atoms with E-state index >= 15 is 0 Å². The van der Waals surface area contributed by atoms with Gasteiger partial charge in [0, 0.05) is 6.42 Å². The number of hydrogen-bond acceptors (Lipinski definition) is 2. The third kappa shape index (κ3) is 4.98. The second-order valence-electron chi connectivity index (χ2n) is 10.6. The van der Waals surface area contributed by atoms with Crippen LogP contribution in [0.2, 0.25) is 0 Å². The Kier molecular flexibility index (Phi) is 7.62. The van der Waals surface area contributed by atoms with Gasteiger partial charge in [-0.15, -0.1) is 0 Å². The zero-order valence-electron chi connectivity index (χ0n) is 19.2. The topological polar surface area (TPSA) is 26.3 Å². The quantitative estimate of drug-likeness (QED) is 0.329. The minimum absolute atomic E-state index is 0.0524. The Balaban J connectivity index is 2.08. The van der Waals surface area contributed by atoms with Crippen molar-refractivity contribution in [2.24, 2.45) is 46.8 Å². The summed E-state index contributed by atoms with van der Waals surface area (Å²) in [5.74, 6) is 5.05. The van der Waals surface area contributed by atoms with Gasteiger partial charge in [0.05, 0.1) is 5.92 Å². The molecule has 0 aromatic heterocycles. The number of fused-ring (bicyclic) bond motifs is 2. The number of carbonyl (C=O) groups is 1. The van der Waals surface area contributed by atoms with Crippen molar-refractivity contribution in [3.8, 4) is 0 Å². The summed E-state index contributed by atoms with van der Waals surface area (Å²) in [6.45, 7) is 18.4. The zero-order chi connectivity index (χ0) is 20.4. The normalized spacial score (nSPS) is 31.2. The standard InChI is InChI=1S/C25H44O2/c1-9-17(10-2)12-13-19(11-3)27-24(26)21-15-18-14-20(21)23(25(6,7)8)22(18)16(4)5/h13,16-18,20-23H,9-12,14-15H2,1-8H3/b19-13-. The molecule has 0 aromatic carbocycles. The van der Waals surface area contributed by atoms with Gasteiger partial charge in [0.2, 0.25) is 0 Å².